The average molecular weight is 273 g/mol. The van der Waals surface area contributed by atoms with E-state index in [4.69, 9.17) is 11.5 Å². The van der Waals surface area contributed by atoms with Crippen molar-refractivity contribution in [2.45, 2.75) is 17.7 Å². The molecule has 0 saturated carbocycles. The molecule has 17 heavy (non-hydrogen) atoms. The summed E-state index contributed by atoms with van der Waals surface area (Å²) in [5, 5.41) is 10.2. The van der Waals surface area contributed by atoms with Crippen LogP contribution in [-0.2, 0) is 10.0 Å². The fourth-order valence-electron chi connectivity index (χ4n) is 1.14. The van der Waals surface area contributed by atoms with Crippen LogP contribution in [-0.4, -0.2) is 26.0 Å². The molecule has 1 rings (SSSR count). The van der Waals surface area contributed by atoms with Gasteiger partial charge in [-0.3, -0.25) is 0 Å². The normalized spacial score (nSPS) is 11.0. The first-order valence-corrected chi connectivity index (χ1v) is 7.09. The molecular weight excluding hydrogens is 262 g/mol. The van der Waals surface area contributed by atoms with Crippen LogP contribution in [0.15, 0.2) is 16.3 Å². The zero-order valence-electron chi connectivity index (χ0n) is 8.84. The standard InChI is InChI=1S/C10H11NO4S2/c1-2-3-4-6-11-17(14,15)8-5-7-16-9(8)10(12)13/h1,5,7,11H,3-4,6H2,(H,12,13). The van der Waals surface area contributed by atoms with E-state index in [0.29, 0.717) is 12.8 Å². The molecule has 0 radical (unpaired) electrons. The Morgan fingerprint density at radius 1 is 1.59 bits per heavy atom. The lowest BCUT2D eigenvalue weighted by Gasteiger charge is -2.04. The summed E-state index contributed by atoms with van der Waals surface area (Å²) in [7, 11) is -3.76. The van der Waals surface area contributed by atoms with E-state index in [-0.39, 0.29) is 16.3 Å². The van der Waals surface area contributed by atoms with Crippen LogP contribution in [0.1, 0.15) is 22.5 Å². The number of hydrogen-bond donors (Lipinski definition) is 2. The minimum atomic E-state index is -3.76. The van der Waals surface area contributed by atoms with Crippen LogP contribution in [0.4, 0.5) is 0 Å². The van der Waals surface area contributed by atoms with E-state index < -0.39 is 16.0 Å². The smallest absolute Gasteiger partial charge is 0.347 e. The van der Waals surface area contributed by atoms with Gasteiger partial charge in [-0.05, 0) is 17.9 Å². The van der Waals surface area contributed by atoms with Gasteiger partial charge in [0, 0.05) is 13.0 Å². The third-order valence-electron chi connectivity index (χ3n) is 1.90. The minimum Gasteiger partial charge on any atom is -0.477 e. The zero-order chi connectivity index (χ0) is 12.9. The van der Waals surface area contributed by atoms with Gasteiger partial charge in [-0.25, -0.2) is 17.9 Å². The van der Waals surface area contributed by atoms with Crippen LogP contribution in [0, 0.1) is 12.3 Å². The molecule has 1 aromatic rings. The van der Waals surface area contributed by atoms with Gasteiger partial charge in [0.05, 0.1) is 0 Å². The molecule has 92 valence electrons. The fourth-order valence-corrected chi connectivity index (χ4v) is 3.47. The molecule has 1 aromatic heterocycles. The molecule has 0 atom stereocenters. The van der Waals surface area contributed by atoms with Crippen LogP contribution in [0.3, 0.4) is 0 Å². The van der Waals surface area contributed by atoms with E-state index in [9.17, 15) is 13.2 Å². The summed E-state index contributed by atoms with van der Waals surface area (Å²) in [6, 6.07) is 1.28. The summed E-state index contributed by atoms with van der Waals surface area (Å²) >= 11 is 0.877. The van der Waals surface area contributed by atoms with Gasteiger partial charge in [0.2, 0.25) is 10.0 Å². The molecule has 0 amide bonds. The molecule has 0 unspecified atom stereocenters. The lowest BCUT2D eigenvalue weighted by atomic mass is 10.3. The highest BCUT2D eigenvalue weighted by atomic mass is 32.2. The first-order chi connectivity index (χ1) is 7.99. The molecular formula is C10H11NO4S2. The molecule has 0 aliphatic rings. The van der Waals surface area contributed by atoms with Gasteiger partial charge in [-0.2, -0.15) is 0 Å². The topological polar surface area (TPSA) is 83.5 Å². The van der Waals surface area contributed by atoms with Crippen molar-refractivity contribution in [3.8, 4) is 12.3 Å². The number of hydrogen-bond acceptors (Lipinski definition) is 4. The molecule has 2 N–H and O–H groups in total. The molecule has 0 aliphatic carbocycles. The Morgan fingerprint density at radius 3 is 2.88 bits per heavy atom. The summed E-state index contributed by atoms with van der Waals surface area (Å²) in [5.41, 5.74) is 0. The van der Waals surface area contributed by atoms with E-state index in [1.165, 1.54) is 11.4 Å². The second-order valence-electron chi connectivity index (χ2n) is 3.12. The lowest BCUT2D eigenvalue weighted by Crippen LogP contribution is -2.25. The molecule has 0 bridgehead atoms. The third kappa shape index (κ3) is 3.56. The van der Waals surface area contributed by atoms with Gasteiger partial charge in [-0.1, -0.05) is 0 Å². The second-order valence-corrected chi connectivity index (χ2v) is 5.78. The van der Waals surface area contributed by atoms with Crippen LogP contribution < -0.4 is 4.72 Å². The molecule has 7 heteroatoms. The van der Waals surface area contributed by atoms with Gasteiger partial charge in [0.25, 0.3) is 0 Å². The maximum absolute atomic E-state index is 11.8. The average Bonchev–Trinajstić information content (AvgIpc) is 2.74. The lowest BCUT2D eigenvalue weighted by molar-refractivity contribution is 0.0698. The highest BCUT2D eigenvalue weighted by Crippen LogP contribution is 2.21. The summed E-state index contributed by atoms with van der Waals surface area (Å²) in [5.74, 6) is 1.15. The summed E-state index contributed by atoms with van der Waals surface area (Å²) in [6.07, 6.45) is 6.02. The maximum Gasteiger partial charge on any atom is 0.347 e. The van der Waals surface area contributed by atoms with Crippen molar-refractivity contribution in [3.05, 3.63) is 16.3 Å². The number of carbonyl (C=O) groups is 1. The predicted molar refractivity (Wildman–Crippen MR) is 64.5 cm³/mol. The highest BCUT2D eigenvalue weighted by Gasteiger charge is 2.22. The molecule has 1 heterocycles. The van der Waals surface area contributed by atoms with E-state index in [1.807, 2.05) is 0 Å². The van der Waals surface area contributed by atoms with Crippen molar-refractivity contribution < 1.29 is 18.3 Å². The van der Waals surface area contributed by atoms with Gasteiger partial charge >= 0.3 is 5.97 Å². The maximum atomic E-state index is 11.8. The Kier molecular flexibility index (Phi) is 4.69. The zero-order valence-corrected chi connectivity index (χ0v) is 10.5. The van der Waals surface area contributed by atoms with Crippen LogP contribution in [0.2, 0.25) is 0 Å². The third-order valence-corrected chi connectivity index (χ3v) is 4.44. The predicted octanol–water partition coefficient (Wildman–Crippen LogP) is 1.14. The number of nitrogens with one attached hydrogen (secondary N) is 1. The van der Waals surface area contributed by atoms with Gasteiger partial charge in [0.1, 0.15) is 9.77 Å². The molecule has 0 spiro atoms. The van der Waals surface area contributed by atoms with Crippen molar-refractivity contribution in [1.82, 2.24) is 4.72 Å². The van der Waals surface area contributed by atoms with E-state index in [2.05, 4.69) is 10.6 Å². The molecule has 0 fully saturated rings. The Labute approximate surface area is 104 Å². The summed E-state index contributed by atoms with van der Waals surface area (Å²) in [6.45, 7) is 0.196. The van der Waals surface area contributed by atoms with Crippen LogP contribution in [0.5, 0.6) is 0 Å². The summed E-state index contributed by atoms with van der Waals surface area (Å²) < 4.78 is 25.8. The van der Waals surface area contributed by atoms with Crippen molar-refractivity contribution >= 4 is 27.3 Å². The minimum absolute atomic E-state index is 0.186. The van der Waals surface area contributed by atoms with E-state index in [0.717, 1.165) is 11.3 Å². The molecule has 0 aliphatic heterocycles. The number of terminal acetylenes is 1. The SMILES string of the molecule is C#CCCCNS(=O)(=O)c1ccsc1C(=O)O. The van der Waals surface area contributed by atoms with E-state index >= 15 is 0 Å². The van der Waals surface area contributed by atoms with Crippen molar-refractivity contribution in [2.75, 3.05) is 6.54 Å². The Bertz CT molecular complexity index is 539. The number of carboxylic acid groups (broad SMARTS) is 1. The van der Waals surface area contributed by atoms with Crippen molar-refractivity contribution in [3.63, 3.8) is 0 Å². The Hall–Kier alpha value is -1.36. The molecule has 0 aromatic carbocycles. The quantitative estimate of drug-likeness (QED) is 0.601. The van der Waals surface area contributed by atoms with Gasteiger partial charge in [-0.15, -0.1) is 23.7 Å². The largest absolute Gasteiger partial charge is 0.477 e. The number of thiophene rings is 1. The second kappa shape index (κ2) is 5.82. The van der Waals surface area contributed by atoms with Crippen molar-refractivity contribution in [2.24, 2.45) is 0 Å². The first-order valence-electron chi connectivity index (χ1n) is 4.73. The molecule has 0 saturated heterocycles. The van der Waals surface area contributed by atoms with Gasteiger partial charge in [0.15, 0.2) is 0 Å². The van der Waals surface area contributed by atoms with Gasteiger partial charge < -0.3 is 5.11 Å². The highest BCUT2D eigenvalue weighted by molar-refractivity contribution is 7.89. The number of rotatable bonds is 6. The number of unbranched alkanes of at least 4 members (excludes halogenated alkanes) is 1. The summed E-state index contributed by atoms with van der Waals surface area (Å²) in [4.78, 5) is 10.4. The monoisotopic (exact) mass is 273 g/mol. The van der Waals surface area contributed by atoms with Crippen molar-refractivity contribution in [1.29, 1.82) is 0 Å². The first kappa shape index (κ1) is 13.7. The Morgan fingerprint density at radius 2 is 2.29 bits per heavy atom. The van der Waals surface area contributed by atoms with E-state index in [1.54, 1.807) is 0 Å². The fraction of sp³-hybridized carbons (Fsp3) is 0.300. The molecule has 5 nitrogen and oxygen atoms in total. The number of carboxylic acids is 1. The number of aromatic carboxylic acids is 1. The number of sulfonamides is 1. The van der Waals surface area contributed by atoms with Crippen LogP contribution in [0.25, 0.3) is 0 Å². The van der Waals surface area contributed by atoms with Crippen LogP contribution >= 0.6 is 11.3 Å². The Balaban J connectivity index is 2.80.